The summed E-state index contributed by atoms with van der Waals surface area (Å²) in [6.45, 7) is 6.47. The Bertz CT molecular complexity index is 569. The van der Waals surface area contributed by atoms with Gasteiger partial charge in [0.15, 0.2) is 0 Å². The van der Waals surface area contributed by atoms with Gasteiger partial charge in [0.2, 0.25) is 0 Å². The van der Waals surface area contributed by atoms with E-state index in [1.54, 1.807) is 4.90 Å². The molecule has 22 heavy (non-hydrogen) atoms. The molecule has 0 unspecified atom stereocenters. The highest BCUT2D eigenvalue weighted by atomic mass is 16.6. The summed E-state index contributed by atoms with van der Waals surface area (Å²) in [5.74, 6) is -0.170. The Hall–Kier alpha value is -2.22. The van der Waals surface area contributed by atoms with Crippen LogP contribution in [0.25, 0.3) is 0 Å². The molecule has 1 aliphatic rings. The fourth-order valence-electron chi connectivity index (χ4n) is 2.64. The molecule has 0 radical (unpaired) electrons. The van der Waals surface area contributed by atoms with Crippen molar-refractivity contribution in [3.63, 3.8) is 0 Å². The van der Waals surface area contributed by atoms with Gasteiger partial charge in [-0.1, -0.05) is 12.1 Å². The Morgan fingerprint density at radius 3 is 2.45 bits per heavy atom. The number of anilines is 1. The Kier molecular flexibility index (Phi) is 4.60. The molecule has 0 aliphatic carbocycles. The zero-order valence-electron chi connectivity index (χ0n) is 13.6. The van der Waals surface area contributed by atoms with Crippen LogP contribution in [0.1, 0.15) is 32.3 Å². The zero-order chi connectivity index (χ0) is 16.3. The van der Waals surface area contributed by atoms with E-state index in [1.165, 1.54) is 0 Å². The lowest BCUT2D eigenvalue weighted by molar-refractivity contribution is 0.0289. The third kappa shape index (κ3) is 3.70. The number of nitrogens with one attached hydrogen (secondary N) is 1. The van der Waals surface area contributed by atoms with E-state index in [-0.39, 0.29) is 17.9 Å². The maximum Gasteiger partial charge on any atom is 0.410 e. The summed E-state index contributed by atoms with van der Waals surface area (Å²) in [4.78, 5) is 13.8. The number of nitrogens with zero attached hydrogens (tertiary/aromatic N) is 2. The molecule has 1 fully saturated rings. The molecule has 0 saturated carbocycles. The van der Waals surface area contributed by atoms with Crippen molar-refractivity contribution in [1.29, 1.82) is 5.26 Å². The highest BCUT2D eigenvalue weighted by Crippen LogP contribution is 2.33. The second-order valence-corrected chi connectivity index (χ2v) is 6.60. The molecule has 1 aliphatic heterocycles. The van der Waals surface area contributed by atoms with Crippen LogP contribution in [0.15, 0.2) is 24.3 Å². The summed E-state index contributed by atoms with van der Waals surface area (Å²) < 4.78 is 5.40. The predicted molar refractivity (Wildman–Crippen MR) is 85.6 cm³/mol. The van der Waals surface area contributed by atoms with E-state index in [4.69, 9.17) is 4.74 Å². The first-order valence-electron chi connectivity index (χ1n) is 7.49. The van der Waals surface area contributed by atoms with E-state index in [2.05, 4.69) is 11.4 Å². The number of carbonyl (C=O) groups is 1. The third-order valence-electron chi connectivity index (χ3n) is 3.76. The molecule has 1 amide bonds. The van der Waals surface area contributed by atoms with Gasteiger partial charge in [-0.2, -0.15) is 5.26 Å². The number of ether oxygens (including phenoxy) is 1. The summed E-state index contributed by atoms with van der Waals surface area (Å²) in [6, 6.07) is 10.3. The second kappa shape index (κ2) is 6.27. The number of amides is 1. The quantitative estimate of drug-likeness (QED) is 0.911. The van der Waals surface area contributed by atoms with Crippen LogP contribution >= 0.6 is 0 Å². The smallest absolute Gasteiger partial charge is 0.410 e. The van der Waals surface area contributed by atoms with Crippen LogP contribution in [0.4, 0.5) is 10.5 Å². The van der Waals surface area contributed by atoms with E-state index in [0.717, 1.165) is 11.3 Å². The molecule has 0 spiro atoms. The molecule has 0 bridgehead atoms. The molecule has 1 saturated heterocycles. The SMILES string of the molecule is CNc1ccc([C@@H]2CN(C(=O)OC(C)(C)C)C[C@H]2C#N)cc1. The highest BCUT2D eigenvalue weighted by Gasteiger charge is 2.38. The predicted octanol–water partition coefficient (Wildman–Crippen LogP) is 3.20. The van der Waals surface area contributed by atoms with Crippen LogP contribution in [0.5, 0.6) is 0 Å². The van der Waals surface area contributed by atoms with Gasteiger partial charge in [0.1, 0.15) is 5.60 Å². The van der Waals surface area contributed by atoms with Crippen molar-refractivity contribution in [3.8, 4) is 6.07 Å². The molecular formula is C17H23N3O2. The second-order valence-electron chi connectivity index (χ2n) is 6.60. The van der Waals surface area contributed by atoms with Crippen molar-refractivity contribution < 1.29 is 9.53 Å². The summed E-state index contributed by atoms with van der Waals surface area (Å²) in [7, 11) is 1.87. The molecule has 5 heteroatoms. The molecule has 118 valence electrons. The molecule has 2 rings (SSSR count). The summed E-state index contributed by atoms with van der Waals surface area (Å²) in [5, 5.41) is 12.5. The molecule has 1 heterocycles. The maximum atomic E-state index is 12.2. The lowest BCUT2D eigenvalue weighted by Gasteiger charge is -2.24. The van der Waals surface area contributed by atoms with Gasteiger partial charge in [-0.25, -0.2) is 4.79 Å². The van der Waals surface area contributed by atoms with Crippen molar-refractivity contribution in [2.24, 2.45) is 5.92 Å². The van der Waals surface area contributed by atoms with Gasteiger partial charge in [-0.15, -0.1) is 0 Å². The Labute approximate surface area is 131 Å². The first kappa shape index (κ1) is 16.2. The van der Waals surface area contributed by atoms with Gasteiger partial charge in [0, 0.05) is 31.7 Å². The van der Waals surface area contributed by atoms with E-state index >= 15 is 0 Å². The molecule has 0 aromatic heterocycles. The lowest BCUT2D eigenvalue weighted by atomic mass is 9.90. The van der Waals surface area contributed by atoms with Gasteiger partial charge in [-0.3, -0.25) is 0 Å². The van der Waals surface area contributed by atoms with Crippen molar-refractivity contribution in [2.45, 2.75) is 32.3 Å². The van der Waals surface area contributed by atoms with Crippen LogP contribution < -0.4 is 5.32 Å². The number of rotatable bonds is 2. The monoisotopic (exact) mass is 301 g/mol. The highest BCUT2D eigenvalue weighted by molar-refractivity contribution is 5.69. The van der Waals surface area contributed by atoms with Crippen LogP contribution in [-0.2, 0) is 4.74 Å². The number of carbonyl (C=O) groups excluding carboxylic acids is 1. The van der Waals surface area contributed by atoms with E-state index in [1.807, 2.05) is 52.1 Å². The zero-order valence-corrected chi connectivity index (χ0v) is 13.6. The maximum absolute atomic E-state index is 12.2. The van der Waals surface area contributed by atoms with Crippen molar-refractivity contribution in [2.75, 3.05) is 25.5 Å². The first-order chi connectivity index (χ1) is 10.3. The van der Waals surface area contributed by atoms with Crippen molar-refractivity contribution in [3.05, 3.63) is 29.8 Å². The Morgan fingerprint density at radius 1 is 1.32 bits per heavy atom. The lowest BCUT2D eigenvalue weighted by Crippen LogP contribution is -2.35. The molecular weight excluding hydrogens is 278 g/mol. The molecule has 5 nitrogen and oxygen atoms in total. The summed E-state index contributed by atoms with van der Waals surface area (Å²) in [6.07, 6.45) is -0.345. The molecule has 2 atom stereocenters. The number of nitriles is 1. The third-order valence-corrected chi connectivity index (χ3v) is 3.76. The van der Waals surface area contributed by atoms with E-state index in [0.29, 0.717) is 13.1 Å². The van der Waals surface area contributed by atoms with Crippen molar-refractivity contribution >= 4 is 11.8 Å². The summed E-state index contributed by atoms with van der Waals surface area (Å²) >= 11 is 0. The average molecular weight is 301 g/mol. The number of likely N-dealkylation sites (tertiary alicyclic amines) is 1. The van der Waals surface area contributed by atoms with E-state index in [9.17, 15) is 10.1 Å². The van der Waals surface area contributed by atoms with Crippen molar-refractivity contribution in [1.82, 2.24) is 4.90 Å². The molecule has 1 N–H and O–H groups in total. The van der Waals surface area contributed by atoms with Gasteiger partial charge in [0.25, 0.3) is 0 Å². The molecule has 1 aromatic carbocycles. The minimum absolute atomic E-state index is 0.0309. The number of benzene rings is 1. The first-order valence-corrected chi connectivity index (χ1v) is 7.49. The van der Waals surface area contributed by atoms with Gasteiger partial charge < -0.3 is 15.0 Å². The number of hydrogen-bond donors (Lipinski definition) is 1. The topological polar surface area (TPSA) is 65.4 Å². The van der Waals surface area contributed by atoms with Crippen LogP contribution in [0, 0.1) is 17.2 Å². The summed E-state index contributed by atoms with van der Waals surface area (Å²) in [5.41, 5.74) is 1.59. The van der Waals surface area contributed by atoms with Gasteiger partial charge in [-0.05, 0) is 38.5 Å². The normalized spacial score (nSPS) is 21.3. The molecule has 1 aromatic rings. The standard InChI is InChI=1S/C17H23N3O2/c1-17(2,3)22-16(21)20-10-13(9-18)15(11-20)12-5-7-14(19-4)8-6-12/h5-8,13,15,19H,10-11H2,1-4H3/t13-,15+/m1/s1. The minimum atomic E-state index is -0.522. The van der Waals surface area contributed by atoms with Crippen LogP contribution in [-0.4, -0.2) is 36.7 Å². The Balaban J connectivity index is 2.12. The number of hydrogen-bond acceptors (Lipinski definition) is 4. The minimum Gasteiger partial charge on any atom is -0.444 e. The Morgan fingerprint density at radius 2 is 1.95 bits per heavy atom. The fraction of sp³-hybridized carbons (Fsp3) is 0.529. The largest absolute Gasteiger partial charge is 0.444 e. The average Bonchev–Trinajstić information content (AvgIpc) is 2.90. The van der Waals surface area contributed by atoms with Crippen LogP contribution in [0.3, 0.4) is 0 Å². The van der Waals surface area contributed by atoms with Crippen LogP contribution in [0.2, 0.25) is 0 Å². The van der Waals surface area contributed by atoms with Gasteiger partial charge in [0.05, 0.1) is 12.0 Å². The van der Waals surface area contributed by atoms with E-state index < -0.39 is 5.60 Å². The fourth-order valence-corrected chi connectivity index (χ4v) is 2.64. The van der Waals surface area contributed by atoms with Gasteiger partial charge >= 0.3 is 6.09 Å².